The van der Waals surface area contributed by atoms with Crippen LogP contribution in [0.25, 0.3) is 0 Å². The molecule has 0 saturated carbocycles. The quantitative estimate of drug-likeness (QED) is 0.223. The van der Waals surface area contributed by atoms with E-state index in [0.717, 1.165) is 51.4 Å². The maximum atomic E-state index is 11.5. The Balaban J connectivity index is 3.29. The molecule has 2 atom stereocenters. The van der Waals surface area contributed by atoms with Gasteiger partial charge in [-0.05, 0) is 32.6 Å². The van der Waals surface area contributed by atoms with Crippen LogP contribution in [0, 0.1) is 0 Å². The summed E-state index contributed by atoms with van der Waals surface area (Å²) in [6.45, 7) is 6.22. The summed E-state index contributed by atoms with van der Waals surface area (Å²) in [6.07, 6.45) is 17.9. The number of aliphatic hydroxyl groups is 1. The lowest BCUT2D eigenvalue weighted by molar-refractivity contribution is -0.148. The van der Waals surface area contributed by atoms with Crippen LogP contribution in [0.4, 0.5) is 0 Å². The predicted molar refractivity (Wildman–Crippen MR) is 107 cm³/mol. The van der Waals surface area contributed by atoms with Gasteiger partial charge < -0.3 is 9.84 Å². The van der Waals surface area contributed by atoms with E-state index in [-0.39, 0.29) is 18.2 Å². The Morgan fingerprint density at radius 3 is 1.80 bits per heavy atom. The van der Waals surface area contributed by atoms with E-state index in [1.807, 2.05) is 13.8 Å². The Morgan fingerprint density at radius 1 is 0.800 bits per heavy atom. The monoisotopic (exact) mass is 356 g/mol. The zero-order valence-corrected chi connectivity index (χ0v) is 17.2. The number of hydrogen-bond donors (Lipinski definition) is 1. The lowest BCUT2D eigenvalue weighted by Gasteiger charge is -2.11. The number of rotatable bonds is 18. The van der Waals surface area contributed by atoms with Gasteiger partial charge in [0.05, 0.1) is 12.2 Å². The van der Waals surface area contributed by atoms with E-state index in [2.05, 4.69) is 6.92 Å². The number of ether oxygens (including phenoxy) is 1. The fraction of sp³-hybridized carbons (Fsp3) is 0.955. The minimum Gasteiger partial charge on any atom is -0.463 e. The molecule has 150 valence electrons. The number of esters is 1. The van der Waals surface area contributed by atoms with Crippen molar-refractivity contribution in [2.24, 2.45) is 0 Å². The Morgan fingerprint density at radius 2 is 1.28 bits per heavy atom. The van der Waals surface area contributed by atoms with Gasteiger partial charge in [-0.25, -0.2) is 0 Å². The SMILES string of the molecule is CCCCCCCCCC(O)CCCCCCCC(=O)OC(C)CC. The van der Waals surface area contributed by atoms with Crippen LogP contribution in [0.1, 0.15) is 124 Å². The van der Waals surface area contributed by atoms with Crippen LogP contribution in [0.3, 0.4) is 0 Å². The van der Waals surface area contributed by atoms with Crippen LogP contribution in [-0.2, 0) is 9.53 Å². The smallest absolute Gasteiger partial charge is 0.306 e. The van der Waals surface area contributed by atoms with Crippen molar-refractivity contribution in [1.82, 2.24) is 0 Å². The summed E-state index contributed by atoms with van der Waals surface area (Å²) in [5.74, 6) is -0.0560. The van der Waals surface area contributed by atoms with E-state index < -0.39 is 0 Å². The van der Waals surface area contributed by atoms with Crippen molar-refractivity contribution >= 4 is 5.97 Å². The van der Waals surface area contributed by atoms with Gasteiger partial charge in [-0.2, -0.15) is 0 Å². The molecule has 0 bridgehead atoms. The third-order valence-corrected chi connectivity index (χ3v) is 4.97. The maximum absolute atomic E-state index is 11.5. The van der Waals surface area contributed by atoms with Crippen LogP contribution in [0.2, 0.25) is 0 Å². The Hall–Kier alpha value is -0.570. The average molecular weight is 357 g/mol. The van der Waals surface area contributed by atoms with E-state index in [1.54, 1.807) is 0 Å². The molecule has 0 fully saturated rings. The lowest BCUT2D eigenvalue weighted by Crippen LogP contribution is -2.13. The molecule has 2 unspecified atom stereocenters. The molecule has 0 aliphatic heterocycles. The molecule has 25 heavy (non-hydrogen) atoms. The van der Waals surface area contributed by atoms with Crippen molar-refractivity contribution < 1.29 is 14.6 Å². The van der Waals surface area contributed by atoms with Crippen molar-refractivity contribution in [3.05, 3.63) is 0 Å². The van der Waals surface area contributed by atoms with Crippen LogP contribution < -0.4 is 0 Å². The molecular formula is C22H44O3. The minimum atomic E-state index is -0.110. The standard InChI is InChI=1S/C22H44O3/c1-4-6-7-8-9-11-14-17-21(23)18-15-12-10-13-16-19-22(24)25-20(3)5-2/h20-21,23H,4-19H2,1-3H3. The summed E-state index contributed by atoms with van der Waals surface area (Å²) in [6, 6.07) is 0. The van der Waals surface area contributed by atoms with Gasteiger partial charge in [0.2, 0.25) is 0 Å². The summed E-state index contributed by atoms with van der Waals surface area (Å²) in [5, 5.41) is 10.0. The Bertz CT molecular complexity index is 291. The number of carbonyl (C=O) groups excluding carboxylic acids is 1. The van der Waals surface area contributed by atoms with Crippen LogP contribution >= 0.6 is 0 Å². The van der Waals surface area contributed by atoms with E-state index in [9.17, 15) is 9.90 Å². The number of unbranched alkanes of at least 4 members (excludes halogenated alkanes) is 10. The Kier molecular flexibility index (Phi) is 17.8. The number of hydrogen-bond acceptors (Lipinski definition) is 3. The summed E-state index contributed by atoms with van der Waals surface area (Å²) in [4.78, 5) is 11.5. The van der Waals surface area contributed by atoms with Gasteiger partial charge in [0.15, 0.2) is 0 Å². The first-order chi connectivity index (χ1) is 12.1. The van der Waals surface area contributed by atoms with Crippen molar-refractivity contribution in [2.45, 2.75) is 136 Å². The van der Waals surface area contributed by atoms with E-state index in [0.29, 0.717) is 6.42 Å². The number of carbonyl (C=O) groups is 1. The van der Waals surface area contributed by atoms with E-state index in [4.69, 9.17) is 4.74 Å². The molecule has 3 nitrogen and oxygen atoms in total. The normalized spacial score (nSPS) is 13.6. The fourth-order valence-corrected chi connectivity index (χ4v) is 3.03. The van der Waals surface area contributed by atoms with Crippen molar-refractivity contribution in [2.75, 3.05) is 0 Å². The van der Waals surface area contributed by atoms with Crippen molar-refractivity contribution in [3.8, 4) is 0 Å². The van der Waals surface area contributed by atoms with Gasteiger partial charge in [-0.1, -0.05) is 84.5 Å². The van der Waals surface area contributed by atoms with E-state index in [1.165, 1.54) is 44.9 Å². The molecule has 0 aromatic heterocycles. The first-order valence-corrected chi connectivity index (χ1v) is 11.0. The minimum absolute atomic E-state index is 0.0466. The average Bonchev–Trinajstić information content (AvgIpc) is 2.59. The van der Waals surface area contributed by atoms with Crippen LogP contribution in [-0.4, -0.2) is 23.3 Å². The summed E-state index contributed by atoms with van der Waals surface area (Å²) in [5.41, 5.74) is 0. The molecule has 0 aromatic carbocycles. The molecule has 0 aliphatic rings. The van der Waals surface area contributed by atoms with Crippen molar-refractivity contribution in [1.29, 1.82) is 0 Å². The van der Waals surface area contributed by atoms with Gasteiger partial charge in [0.1, 0.15) is 0 Å². The van der Waals surface area contributed by atoms with Gasteiger partial charge in [-0.15, -0.1) is 0 Å². The molecule has 0 aliphatic carbocycles. The third-order valence-electron chi connectivity index (χ3n) is 4.97. The molecular weight excluding hydrogens is 312 g/mol. The van der Waals surface area contributed by atoms with Gasteiger partial charge in [-0.3, -0.25) is 4.79 Å². The van der Waals surface area contributed by atoms with Gasteiger partial charge in [0.25, 0.3) is 0 Å². The second-order valence-electron chi connectivity index (χ2n) is 7.58. The third kappa shape index (κ3) is 18.0. The molecule has 0 spiro atoms. The zero-order chi connectivity index (χ0) is 18.8. The highest BCUT2D eigenvalue weighted by atomic mass is 16.5. The molecule has 0 saturated heterocycles. The molecule has 0 rings (SSSR count). The van der Waals surface area contributed by atoms with Gasteiger partial charge in [0, 0.05) is 6.42 Å². The summed E-state index contributed by atoms with van der Waals surface area (Å²) < 4.78 is 5.26. The first kappa shape index (κ1) is 24.4. The molecule has 3 heteroatoms. The molecule has 0 radical (unpaired) electrons. The second kappa shape index (κ2) is 18.2. The Labute approximate surface area is 156 Å². The highest BCUT2D eigenvalue weighted by Gasteiger charge is 2.07. The molecule has 1 N–H and O–H groups in total. The fourth-order valence-electron chi connectivity index (χ4n) is 3.03. The lowest BCUT2D eigenvalue weighted by atomic mass is 10.0. The van der Waals surface area contributed by atoms with Crippen molar-refractivity contribution in [3.63, 3.8) is 0 Å². The van der Waals surface area contributed by atoms with Gasteiger partial charge >= 0.3 is 5.97 Å². The van der Waals surface area contributed by atoms with Crippen LogP contribution in [0.5, 0.6) is 0 Å². The maximum Gasteiger partial charge on any atom is 0.306 e. The highest BCUT2D eigenvalue weighted by molar-refractivity contribution is 5.69. The highest BCUT2D eigenvalue weighted by Crippen LogP contribution is 2.14. The van der Waals surface area contributed by atoms with E-state index >= 15 is 0 Å². The second-order valence-corrected chi connectivity index (χ2v) is 7.58. The molecule has 0 aromatic rings. The topological polar surface area (TPSA) is 46.5 Å². The largest absolute Gasteiger partial charge is 0.463 e. The first-order valence-electron chi connectivity index (χ1n) is 11.0. The number of aliphatic hydroxyl groups excluding tert-OH is 1. The molecule has 0 heterocycles. The summed E-state index contributed by atoms with van der Waals surface area (Å²) in [7, 11) is 0. The molecule has 0 amide bonds. The summed E-state index contributed by atoms with van der Waals surface area (Å²) >= 11 is 0. The zero-order valence-electron chi connectivity index (χ0n) is 17.2. The van der Waals surface area contributed by atoms with Crippen LogP contribution in [0.15, 0.2) is 0 Å². The predicted octanol–water partition coefficient (Wildman–Crippen LogP) is 6.56.